The van der Waals surface area contributed by atoms with Crippen LogP contribution in [0.1, 0.15) is 30.0 Å². The summed E-state index contributed by atoms with van der Waals surface area (Å²) in [7, 11) is 1.81. The zero-order valence-electron chi connectivity index (χ0n) is 18.7. The van der Waals surface area contributed by atoms with Crippen molar-refractivity contribution in [1.29, 1.82) is 0 Å². The van der Waals surface area contributed by atoms with Crippen LogP contribution in [-0.4, -0.2) is 32.4 Å². The fourth-order valence-corrected chi connectivity index (χ4v) is 3.88. The van der Waals surface area contributed by atoms with Crippen molar-refractivity contribution in [2.24, 2.45) is 0 Å². The van der Waals surface area contributed by atoms with Crippen molar-refractivity contribution in [2.45, 2.75) is 26.3 Å². The van der Waals surface area contributed by atoms with Gasteiger partial charge in [0.05, 0.1) is 35.5 Å². The number of oxazole rings is 1. The van der Waals surface area contributed by atoms with Crippen molar-refractivity contribution in [1.82, 2.24) is 19.4 Å². The molecule has 3 heterocycles. The molecule has 0 saturated heterocycles. The molecule has 0 fully saturated rings. The quantitative estimate of drug-likeness (QED) is 0.356. The zero-order chi connectivity index (χ0) is 22.9. The van der Waals surface area contributed by atoms with E-state index in [9.17, 15) is 4.79 Å². The molecule has 0 radical (unpaired) electrons. The predicted molar refractivity (Wildman–Crippen MR) is 125 cm³/mol. The Morgan fingerprint density at radius 1 is 1.09 bits per heavy atom. The van der Waals surface area contributed by atoms with Gasteiger partial charge in [0.1, 0.15) is 12.1 Å². The molecule has 0 aliphatic rings. The van der Waals surface area contributed by atoms with Gasteiger partial charge in [0.15, 0.2) is 5.76 Å². The van der Waals surface area contributed by atoms with Gasteiger partial charge in [-0.15, -0.1) is 0 Å². The average molecular weight is 441 g/mol. The largest absolute Gasteiger partial charge is 0.459 e. The van der Waals surface area contributed by atoms with Crippen molar-refractivity contribution in [2.75, 3.05) is 7.05 Å². The monoisotopic (exact) mass is 440 g/mol. The number of aromatic nitrogens is 3. The van der Waals surface area contributed by atoms with Crippen LogP contribution in [0.5, 0.6) is 0 Å². The van der Waals surface area contributed by atoms with Crippen molar-refractivity contribution >= 4 is 16.9 Å². The number of nitrogens with zero attached hydrogens (tertiary/aromatic N) is 4. The molecular formula is C26H24N4O3. The minimum Gasteiger partial charge on any atom is -0.459 e. The molecule has 33 heavy (non-hydrogen) atoms. The van der Waals surface area contributed by atoms with E-state index in [0.717, 1.165) is 22.3 Å². The molecule has 0 N–H and O–H groups in total. The van der Waals surface area contributed by atoms with E-state index in [2.05, 4.69) is 44.9 Å². The van der Waals surface area contributed by atoms with Gasteiger partial charge < -0.3 is 13.7 Å². The third-order valence-corrected chi connectivity index (χ3v) is 6.02. The molecule has 0 saturated carbocycles. The Bertz CT molecular complexity index is 1400. The maximum Gasteiger partial charge on any atom is 0.263 e. The third-order valence-electron chi connectivity index (χ3n) is 6.02. The molecule has 5 rings (SSSR count). The first-order valence-corrected chi connectivity index (χ1v) is 10.8. The Morgan fingerprint density at radius 3 is 2.64 bits per heavy atom. The Hall–Kier alpha value is -4.13. The van der Waals surface area contributed by atoms with Crippen molar-refractivity contribution in [3.63, 3.8) is 0 Å². The molecule has 5 aromatic rings. The topological polar surface area (TPSA) is 77.3 Å². The Morgan fingerprint density at radius 2 is 1.88 bits per heavy atom. The van der Waals surface area contributed by atoms with Gasteiger partial charge in [-0.05, 0) is 55.8 Å². The summed E-state index contributed by atoms with van der Waals surface area (Å²) in [6.07, 6.45) is 3.56. The van der Waals surface area contributed by atoms with Gasteiger partial charge in [0.25, 0.3) is 5.89 Å². The van der Waals surface area contributed by atoms with Crippen molar-refractivity contribution in [3.05, 3.63) is 90.3 Å². The number of fused-ring (bicyclic) bond motifs is 1. The van der Waals surface area contributed by atoms with Crippen LogP contribution in [0.15, 0.2) is 82.1 Å². The van der Waals surface area contributed by atoms with Crippen LogP contribution in [0.4, 0.5) is 0 Å². The summed E-state index contributed by atoms with van der Waals surface area (Å²) >= 11 is 0. The first kappa shape index (κ1) is 20.8. The SMILES string of the molecule is Cc1oc(-c2ccco2)nc1CC(=O)N(C)C(C)c1ccc(-n2cnc3ccccc32)cc1. The summed E-state index contributed by atoms with van der Waals surface area (Å²) < 4.78 is 13.1. The fourth-order valence-electron chi connectivity index (χ4n) is 3.88. The number of hydrogen-bond acceptors (Lipinski definition) is 5. The molecule has 1 amide bonds. The Kier molecular flexibility index (Phi) is 5.30. The van der Waals surface area contributed by atoms with E-state index in [1.807, 2.05) is 45.4 Å². The van der Waals surface area contributed by atoms with Gasteiger partial charge in [-0.3, -0.25) is 9.36 Å². The summed E-state index contributed by atoms with van der Waals surface area (Å²) in [4.78, 5) is 23.6. The van der Waals surface area contributed by atoms with Crippen LogP contribution in [0.2, 0.25) is 0 Å². The van der Waals surface area contributed by atoms with Gasteiger partial charge >= 0.3 is 0 Å². The number of furan rings is 1. The highest BCUT2D eigenvalue weighted by atomic mass is 16.4. The number of para-hydroxylation sites is 2. The molecule has 7 nitrogen and oxygen atoms in total. The summed E-state index contributed by atoms with van der Waals surface area (Å²) in [6, 6.07) is 19.7. The lowest BCUT2D eigenvalue weighted by molar-refractivity contribution is -0.131. The Balaban J connectivity index is 1.30. The number of hydrogen-bond donors (Lipinski definition) is 0. The number of likely N-dealkylation sites (N-methyl/N-ethyl adjacent to an activating group) is 1. The third kappa shape index (κ3) is 3.93. The molecule has 1 atom stereocenters. The van der Waals surface area contributed by atoms with E-state index in [1.54, 1.807) is 23.3 Å². The maximum atomic E-state index is 13.0. The number of rotatable bonds is 6. The number of carbonyl (C=O) groups is 1. The standard InChI is InChI=1S/C26H24N4O3/c1-17(19-10-12-20(13-11-19)30-16-27-21-7-4-5-8-23(21)30)29(3)25(31)15-22-18(2)33-26(28-22)24-9-6-14-32-24/h4-14,16-17H,15H2,1-3H3. The van der Waals surface area contributed by atoms with E-state index < -0.39 is 0 Å². The number of imidazole rings is 1. The van der Waals surface area contributed by atoms with E-state index in [-0.39, 0.29) is 18.4 Å². The van der Waals surface area contributed by atoms with Gasteiger partial charge in [0, 0.05) is 12.7 Å². The summed E-state index contributed by atoms with van der Waals surface area (Å²) in [5.74, 6) is 1.52. The molecule has 0 aliphatic heterocycles. The smallest absolute Gasteiger partial charge is 0.263 e. The molecular weight excluding hydrogens is 416 g/mol. The Labute approximate surface area is 191 Å². The summed E-state index contributed by atoms with van der Waals surface area (Å²) in [5, 5.41) is 0. The number of amides is 1. The first-order valence-electron chi connectivity index (χ1n) is 10.8. The van der Waals surface area contributed by atoms with E-state index in [4.69, 9.17) is 8.83 Å². The van der Waals surface area contributed by atoms with Crippen LogP contribution in [-0.2, 0) is 11.2 Å². The van der Waals surface area contributed by atoms with Crippen LogP contribution in [0, 0.1) is 6.92 Å². The lowest BCUT2D eigenvalue weighted by Crippen LogP contribution is -2.31. The van der Waals surface area contributed by atoms with Gasteiger partial charge in [0.2, 0.25) is 5.91 Å². The average Bonchev–Trinajstić information content (AvgIpc) is 3.59. The minimum atomic E-state index is -0.0946. The summed E-state index contributed by atoms with van der Waals surface area (Å²) in [5.41, 5.74) is 4.71. The van der Waals surface area contributed by atoms with Crippen molar-refractivity contribution in [3.8, 4) is 17.3 Å². The molecule has 0 aliphatic carbocycles. The van der Waals surface area contributed by atoms with Gasteiger partial charge in [-0.1, -0.05) is 24.3 Å². The van der Waals surface area contributed by atoms with Crippen LogP contribution < -0.4 is 0 Å². The molecule has 7 heteroatoms. The first-order chi connectivity index (χ1) is 16.0. The molecule has 166 valence electrons. The molecule has 0 bridgehead atoms. The maximum absolute atomic E-state index is 13.0. The number of carbonyl (C=O) groups excluding carboxylic acids is 1. The van der Waals surface area contributed by atoms with E-state index >= 15 is 0 Å². The molecule has 0 spiro atoms. The second-order valence-electron chi connectivity index (χ2n) is 8.05. The van der Waals surface area contributed by atoms with Crippen LogP contribution in [0.25, 0.3) is 28.4 Å². The lowest BCUT2D eigenvalue weighted by atomic mass is 10.1. The highest BCUT2D eigenvalue weighted by Gasteiger charge is 2.22. The fraction of sp³-hybridized carbons (Fsp3) is 0.192. The van der Waals surface area contributed by atoms with Crippen LogP contribution >= 0.6 is 0 Å². The summed E-state index contributed by atoms with van der Waals surface area (Å²) in [6.45, 7) is 3.83. The second kappa shape index (κ2) is 8.43. The van der Waals surface area contributed by atoms with E-state index in [0.29, 0.717) is 23.1 Å². The second-order valence-corrected chi connectivity index (χ2v) is 8.05. The normalized spacial score (nSPS) is 12.2. The van der Waals surface area contributed by atoms with E-state index in [1.165, 1.54) is 0 Å². The highest BCUT2D eigenvalue weighted by molar-refractivity contribution is 5.79. The van der Waals surface area contributed by atoms with Crippen LogP contribution in [0.3, 0.4) is 0 Å². The number of aryl methyl sites for hydroxylation is 1. The molecule has 2 aromatic carbocycles. The minimum absolute atomic E-state index is 0.0328. The van der Waals surface area contributed by atoms with Gasteiger partial charge in [-0.25, -0.2) is 9.97 Å². The predicted octanol–water partition coefficient (Wildman–Crippen LogP) is 5.34. The molecule has 1 unspecified atom stereocenters. The molecule has 3 aromatic heterocycles. The highest BCUT2D eigenvalue weighted by Crippen LogP contribution is 2.25. The van der Waals surface area contributed by atoms with Gasteiger partial charge in [-0.2, -0.15) is 0 Å². The lowest BCUT2D eigenvalue weighted by Gasteiger charge is -2.25. The van der Waals surface area contributed by atoms with Crippen molar-refractivity contribution < 1.29 is 13.6 Å². The zero-order valence-corrected chi connectivity index (χ0v) is 18.7. The number of benzene rings is 2.